The van der Waals surface area contributed by atoms with E-state index in [4.69, 9.17) is 0 Å². The Bertz CT molecular complexity index is 397. The van der Waals surface area contributed by atoms with E-state index in [0.29, 0.717) is 18.1 Å². The standard InChI is InChI=1S/C17H32N4/c1-14(2)20(15(3)4)12-10-18-17-19-11-13-21(17)16-8-6-5-7-9-16/h11,13-16H,5-10,12H2,1-4H3,(H,18,19). The summed E-state index contributed by atoms with van der Waals surface area (Å²) in [5.41, 5.74) is 0. The highest BCUT2D eigenvalue weighted by atomic mass is 15.2. The van der Waals surface area contributed by atoms with Crippen molar-refractivity contribution in [3.05, 3.63) is 12.4 Å². The summed E-state index contributed by atoms with van der Waals surface area (Å²) in [6.07, 6.45) is 10.8. The van der Waals surface area contributed by atoms with Gasteiger partial charge in [-0.3, -0.25) is 4.90 Å². The maximum atomic E-state index is 4.51. The van der Waals surface area contributed by atoms with Crippen LogP contribution in [0.1, 0.15) is 65.8 Å². The van der Waals surface area contributed by atoms with Gasteiger partial charge in [-0.25, -0.2) is 4.98 Å². The molecule has 1 aromatic rings. The Balaban J connectivity index is 1.87. The Morgan fingerprint density at radius 1 is 1.19 bits per heavy atom. The Labute approximate surface area is 129 Å². The zero-order valence-corrected chi connectivity index (χ0v) is 14.2. The van der Waals surface area contributed by atoms with Crippen LogP contribution in [0.4, 0.5) is 5.95 Å². The van der Waals surface area contributed by atoms with E-state index in [-0.39, 0.29) is 0 Å². The largest absolute Gasteiger partial charge is 0.354 e. The summed E-state index contributed by atoms with van der Waals surface area (Å²) < 4.78 is 2.36. The summed E-state index contributed by atoms with van der Waals surface area (Å²) in [5.74, 6) is 1.05. The molecule has 120 valence electrons. The molecular weight excluding hydrogens is 260 g/mol. The van der Waals surface area contributed by atoms with Crippen LogP contribution >= 0.6 is 0 Å². The molecule has 1 aliphatic rings. The van der Waals surface area contributed by atoms with Crippen molar-refractivity contribution in [3.8, 4) is 0 Å². The van der Waals surface area contributed by atoms with E-state index in [1.807, 2.05) is 6.20 Å². The van der Waals surface area contributed by atoms with Crippen molar-refractivity contribution < 1.29 is 0 Å². The van der Waals surface area contributed by atoms with Gasteiger partial charge in [-0.05, 0) is 40.5 Å². The Hall–Kier alpha value is -1.03. The van der Waals surface area contributed by atoms with Gasteiger partial charge in [0.1, 0.15) is 0 Å². The highest BCUT2D eigenvalue weighted by Gasteiger charge is 2.18. The molecule has 1 N–H and O–H groups in total. The first-order valence-corrected chi connectivity index (χ1v) is 8.62. The molecule has 0 spiro atoms. The maximum absolute atomic E-state index is 4.51. The number of rotatable bonds is 7. The van der Waals surface area contributed by atoms with E-state index in [2.05, 4.69) is 53.7 Å². The SMILES string of the molecule is CC(C)N(CCNc1nccn1C1CCCCC1)C(C)C. The van der Waals surface area contributed by atoms with Crippen LogP contribution in [0, 0.1) is 0 Å². The van der Waals surface area contributed by atoms with Crippen LogP contribution in [-0.4, -0.2) is 39.6 Å². The lowest BCUT2D eigenvalue weighted by Gasteiger charge is -2.31. The summed E-state index contributed by atoms with van der Waals surface area (Å²) >= 11 is 0. The van der Waals surface area contributed by atoms with Gasteiger partial charge in [0.2, 0.25) is 5.95 Å². The van der Waals surface area contributed by atoms with Crippen molar-refractivity contribution in [2.45, 2.75) is 77.9 Å². The molecule has 1 aromatic heterocycles. The lowest BCUT2D eigenvalue weighted by Crippen LogP contribution is -2.40. The average molecular weight is 292 g/mol. The quantitative estimate of drug-likeness (QED) is 0.827. The van der Waals surface area contributed by atoms with Gasteiger partial charge in [0.15, 0.2) is 0 Å². The number of aromatic nitrogens is 2. The maximum Gasteiger partial charge on any atom is 0.203 e. The fourth-order valence-corrected chi connectivity index (χ4v) is 3.51. The van der Waals surface area contributed by atoms with E-state index in [0.717, 1.165) is 19.0 Å². The molecule has 4 nitrogen and oxygen atoms in total. The number of nitrogens with zero attached hydrogens (tertiary/aromatic N) is 3. The molecule has 0 atom stereocenters. The second-order valence-corrected chi connectivity index (χ2v) is 6.80. The van der Waals surface area contributed by atoms with Crippen LogP contribution in [0.2, 0.25) is 0 Å². The molecule has 21 heavy (non-hydrogen) atoms. The van der Waals surface area contributed by atoms with Gasteiger partial charge in [-0.1, -0.05) is 19.3 Å². The predicted molar refractivity (Wildman–Crippen MR) is 89.8 cm³/mol. The van der Waals surface area contributed by atoms with Gasteiger partial charge in [0, 0.05) is 43.6 Å². The van der Waals surface area contributed by atoms with Crippen molar-refractivity contribution >= 4 is 5.95 Å². The topological polar surface area (TPSA) is 33.1 Å². The molecule has 0 saturated heterocycles. The Kier molecular flexibility index (Phi) is 6.09. The highest BCUT2D eigenvalue weighted by Crippen LogP contribution is 2.30. The molecular formula is C17H32N4. The van der Waals surface area contributed by atoms with Gasteiger partial charge in [0.25, 0.3) is 0 Å². The fraction of sp³-hybridized carbons (Fsp3) is 0.824. The normalized spacial score (nSPS) is 17.1. The monoisotopic (exact) mass is 292 g/mol. The van der Waals surface area contributed by atoms with E-state index in [1.165, 1.54) is 32.1 Å². The van der Waals surface area contributed by atoms with Gasteiger partial charge in [-0.15, -0.1) is 0 Å². The molecule has 0 aromatic carbocycles. The minimum Gasteiger partial charge on any atom is -0.354 e. The van der Waals surface area contributed by atoms with Crippen molar-refractivity contribution in [3.63, 3.8) is 0 Å². The second-order valence-electron chi connectivity index (χ2n) is 6.80. The Morgan fingerprint density at radius 2 is 1.86 bits per heavy atom. The molecule has 2 rings (SSSR count). The van der Waals surface area contributed by atoms with Gasteiger partial charge in [-0.2, -0.15) is 0 Å². The first-order valence-electron chi connectivity index (χ1n) is 8.62. The first kappa shape index (κ1) is 16.3. The summed E-state index contributed by atoms with van der Waals surface area (Å²) in [6.45, 7) is 11.1. The minimum atomic E-state index is 0.588. The minimum absolute atomic E-state index is 0.588. The van der Waals surface area contributed by atoms with Crippen molar-refractivity contribution in [2.75, 3.05) is 18.4 Å². The van der Waals surface area contributed by atoms with Crippen molar-refractivity contribution in [1.82, 2.24) is 14.5 Å². The van der Waals surface area contributed by atoms with E-state index in [9.17, 15) is 0 Å². The number of imidazole rings is 1. The lowest BCUT2D eigenvalue weighted by atomic mass is 9.95. The number of hydrogen-bond acceptors (Lipinski definition) is 3. The van der Waals surface area contributed by atoms with Crippen molar-refractivity contribution in [1.29, 1.82) is 0 Å². The van der Waals surface area contributed by atoms with Crippen molar-refractivity contribution in [2.24, 2.45) is 0 Å². The number of anilines is 1. The summed E-state index contributed by atoms with van der Waals surface area (Å²) in [5, 5.41) is 3.54. The summed E-state index contributed by atoms with van der Waals surface area (Å²) in [4.78, 5) is 7.03. The first-order chi connectivity index (χ1) is 10.1. The summed E-state index contributed by atoms with van der Waals surface area (Å²) in [7, 11) is 0. The zero-order chi connectivity index (χ0) is 15.2. The highest BCUT2D eigenvalue weighted by molar-refractivity contribution is 5.26. The third-order valence-corrected chi connectivity index (χ3v) is 4.62. The average Bonchev–Trinajstić information content (AvgIpc) is 2.92. The molecule has 0 amide bonds. The lowest BCUT2D eigenvalue weighted by molar-refractivity contribution is 0.182. The van der Waals surface area contributed by atoms with Gasteiger partial charge < -0.3 is 9.88 Å². The molecule has 1 fully saturated rings. The number of hydrogen-bond donors (Lipinski definition) is 1. The third-order valence-electron chi connectivity index (χ3n) is 4.62. The van der Waals surface area contributed by atoms with E-state index in [1.54, 1.807) is 0 Å². The number of nitrogens with one attached hydrogen (secondary N) is 1. The van der Waals surface area contributed by atoms with Crippen LogP contribution < -0.4 is 5.32 Å². The molecule has 4 heteroatoms. The Morgan fingerprint density at radius 3 is 2.48 bits per heavy atom. The van der Waals surface area contributed by atoms with Crippen LogP contribution in [0.15, 0.2) is 12.4 Å². The van der Waals surface area contributed by atoms with Crippen LogP contribution in [0.5, 0.6) is 0 Å². The van der Waals surface area contributed by atoms with Crippen LogP contribution in [0.25, 0.3) is 0 Å². The molecule has 0 unspecified atom stereocenters. The molecule has 1 aliphatic carbocycles. The van der Waals surface area contributed by atoms with E-state index >= 15 is 0 Å². The smallest absolute Gasteiger partial charge is 0.203 e. The molecule has 1 heterocycles. The third kappa shape index (κ3) is 4.47. The molecule has 0 bridgehead atoms. The molecule has 0 radical (unpaired) electrons. The van der Waals surface area contributed by atoms with Gasteiger partial charge >= 0.3 is 0 Å². The molecule has 1 saturated carbocycles. The van der Waals surface area contributed by atoms with Gasteiger partial charge in [0.05, 0.1) is 0 Å². The molecule has 0 aliphatic heterocycles. The predicted octanol–water partition coefficient (Wildman–Crippen LogP) is 3.92. The zero-order valence-electron chi connectivity index (χ0n) is 14.2. The fourth-order valence-electron chi connectivity index (χ4n) is 3.51. The summed E-state index contributed by atoms with van der Waals surface area (Å²) in [6, 6.07) is 1.82. The second kappa shape index (κ2) is 7.83. The van der Waals surface area contributed by atoms with Crippen LogP contribution in [0.3, 0.4) is 0 Å². The van der Waals surface area contributed by atoms with Crippen LogP contribution in [-0.2, 0) is 0 Å². The van der Waals surface area contributed by atoms with E-state index < -0.39 is 0 Å².